The van der Waals surface area contributed by atoms with Gasteiger partial charge in [-0.25, -0.2) is 0 Å². The molecule has 5 nitrogen and oxygen atoms in total. The molecule has 1 aromatic carbocycles. The lowest BCUT2D eigenvalue weighted by Gasteiger charge is -2.22. The zero-order valence-corrected chi connectivity index (χ0v) is 11.9. The van der Waals surface area contributed by atoms with E-state index in [2.05, 4.69) is 5.32 Å². The third-order valence-electron chi connectivity index (χ3n) is 3.02. The number of benzene rings is 1. The van der Waals surface area contributed by atoms with Gasteiger partial charge >= 0.3 is 0 Å². The molecule has 0 spiro atoms. The van der Waals surface area contributed by atoms with E-state index in [9.17, 15) is 15.2 Å². The quantitative estimate of drug-likeness (QED) is 0.634. The zero-order chi connectivity index (χ0) is 14.6. The third kappa shape index (κ3) is 3.41. The largest absolute Gasteiger partial charge is 0.383 e. The van der Waals surface area contributed by atoms with Crippen LogP contribution in [0.15, 0.2) is 41.8 Å². The standard InChI is InChI=1S/C14H16N2O3S/c1-14(17,13-7-4-8-20-13)10-15-9-11-5-2-3-6-12(11)16(18)19/h2-8,15,17H,9-10H2,1H3. The summed E-state index contributed by atoms with van der Waals surface area (Å²) in [6, 6.07) is 10.4. The zero-order valence-electron chi connectivity index (χ0n) is 11.1. The van der Waals surface area contributed by atoms with Crippen molar-refractivity contribution in [1.82, 2.24) is 5.32 Å². The summed E-state index contributed by atoms with van der Waals surface area (Å²) in [5.74, 6) is 0. The lowest BCUT2D eigenvalue weighted by atomic mass is 10.1. The van der Waals surface area contributed by atoms with Crippen LogP contribution in [0.25, 0.3) is 0 Å². The van der Waals surface area contributed by atoms with Crippen LogP contribution in [-0.2, 0) is 12.1 Å². The Morgan fingerprint density at radius 2 is 2.10 bits per heavy atom. The second-order valence-electron chi connectivity index (χ2n) is 4.74. The number of hydrogen-bond acceptors (Lipinski definition) is 5. The average molecular weight is 292 g/mol. The molecule has 0 aliphatic carbocycles. The van der Waals surface area contributed by atoms with Gasteiger partial charge in [0.25, 0.3) is 5.69 Å². The Labute approximate surface area is 121 Å². The molecule has 0 saturated heterocycles. The first-order valence-electron chi connectivity index (χ1n) is 6.20. The molecule has 0 fully saturated rings. The number of para-hydroxylation sites is 1. The summed E-state index contributed by atoms with van der Waals surface area (Å²) in [4.78, 5) is 11.4. The SMILES string of the molecule is CC(O)(CNCc1ccccc1[N+](=O)[O-])c1cccs1. The summed E-state index contributed by atoms with van der Waals surface area (Å²) in [6.45, 7) is 2.41. The maximum Gasteiger partial charge on any atom is 0.273 e. The van der Waals surface area contributed by atoms with Crippen molar-refractivity contribution in [2.75, 3.05) is 6.54 Å². The van der Waals surface area contributed by atoms with E-state index >= 15 is 0 Å². The summed E-state index contributed by atoms with van der Waals surface area (Å²) in [7, 11) is 0. The predicted octanol–water partition coefficient (Wildman–Crippen LogP) is 2.65. The van der Waals surface area contributed by atoms with Gasteiger partial charge in [0.05, 0.1) is 4.92 Å². The van der Waals surface area contributed by atoms with Gasteiger partial charge in [0, 0.05) is 29.6 Å². The van der Waals surface area contributed by atoms with Crippen molar-refractivity contribution < 1.29 is 10.0 Å². The van der Waals surface area contributed by atoms with Crippen LogP contribution in [0.1, 0.15) is 17.4 Å². The molecule has 106 valence electrons. The highest BCUT2D eigenvalue weighted by Crippen LogP contribution is 2.24. The Morgan fingerprint density at radius 1 is 1.35 bits per heavy atom. The summed E-state index contributed by atoms with van der Waals surface area (Å²) in [5.41, 5.74) is -0.271. The van der Waals surface area contributed by atoms with E-state index in [1.807, 2.05) is 17.5 Å². The first-order valence-corrected chi connectivity index (χ1v) is 7.08. The second kappa shape index (κ2) is 6.13. The van der Waals surface area contributed by atoms with Crippen LogP contribution in [0.5, 0.6) is 0 Å². The molecule has 20 heavy (non-hydrogen) atoms. The Morgan fingerprint density at radius 3 is 2.75 bits per heavy atom. The van der Waals surface area contributed by atoms with Gasteiger partial charge in [-0.05, 0) is 18.4 Å². The van der Waals surface area contributed by atoms with Crippen LogP contribution in [0.2, 0.25) is 0 Å². The summed E-state index contributed by atoms with van der Waals surface area (Å²) in [6.07, 6.45) is 0. The van der Waals surface area contributed by atoms with E-state index in [4.69, 9.17) is 0 Å². The summed E-state index contributed by atoms with van der Waals surface area (Å²) in [5, 5.41) is 26.2. The molecule has 1 heterocycles. The first-order chi connectivity index (χ1) is 9.50. The maximum absolute atomic E-state index is 10.9. The number of rotatable bonds is 6. The lowest BCUT2D eigenvalue weighted by molar-refractivity contribution is -0.385. The number of thiophene rings is 1. The fourth-order valence-corrected chi connectivity index (χ4v) is 2.74. The Hall–Kier alpha value is -1.76. The third-order valence-corrected chi connectivity index (χ3v) is 4.15. The van der Waals surface area contributed by atoms with Crippen molar-refractivity contribution in [2.45, 2.75) is 19.1 Å². The molecule has 0 bridgehead atoms. The minimum Gasteiger partial charge on any atom is -0.383 e. The van der Waals surface area contributed by atoms with Gasteiger partial charge in [0.15, 0.2) is 0 Å². The molecule has 2 N–H and O–H groups in total. The Bertz CT molecular complexity index is 582. The highest BCUT2D eigenvalue weighted by Gasteiger charge is 2.24. The van der Waals surface area contributed by atoms with Crippen LogP contribution in [-0.4, -0.2) is 16.6 Å². The van der Waals surface area contributed by atoms with E-state index in [0.717, 1.165) is 4.88 Å². The molecular weight excluding hydrogens is 276 g/mol. The molecule has 0 saturated carbocycles. The smallest absolute Gasteiger partial charge is 0.273 e. The molecular formula is C14H16N2O3S. The van der Waals surface area contributed by atoms with Gasteiger partial charge in [-0.1, -0.05) is 24.3 Å². The molecule has 0 aliphatic heterocycles. The van der Waals surface area contributed by atoms with E-state index in [1.54, 1.807) is 25.1 Å². The number of nitro groups is 1. The average Bonchev–Trinajstić information content (AvgIpc) is 2.93. The molecule has 2 aromatic rings. The fourth-order valence-electron chi connectivity index (χ4n) is 1.95. The van der Waals surface area contributed by atoms with Crippen LogP contribution < -0.4 is 5.32 Å². The molecule has 6 heteroatoms. The fraction of sp³-hybridized carbons (Fsp3) is 0.286. The molecule has 1 atom stereocenters. The first kappa shape index (κ1) is 14.6. The van der Waals surface area contributed by atoms with E-state index < -0.39 is 10.5 Å². The highest BCUT2D eigenvalue weighted by atomic mass is 32.1. The van der Waals surface area contributed by atoms with Crippen LogP contribution in [0.4, 0.5) is 5.69 Å². The van der Waals surface area contributed by atoms with Crippen molar-refractivity contribution in [1.29, 1.82) is 0 Å². The Kier molecular flexibility index (Phi) is 4.49. The van der Waals surface area contributed by atoms with Gasteiger partial charge in [0.1, 0.15) is 5.60 Å². The molecule has 0 amide bonds. The number of nitro benzene ring substituents is 1. The van der Waals surface area contributed by atoms with E-state index in [1.165, 1.54) is 17.4 Å². The molecule has 1 aromatic heterocycles. The lowest BCUT2D eigenvalue weighted by Crippen LogP contribution is -2.34. The number of nitrogens with one attached hydrogen (secondary N) is 1. The second-order valence-corrected chi connectivity index (χ2v) is 5.69. The van der Waals surface area contributed by atoms with Crippen molar-refractivity contribution in [2.24, 2.45) is 0 Å². The normalized spacial score (nSPS) is 13.9. The van der Waals surface area contributed by atoms with Gasteiger partial charge in [-0.2, -0.15) is 0 Å². The number of nitrogens with zero attached hydrogens (tertiary/aromatic N) is 1. The van der Waals surface area contributed by atoms with E-state index in [0.29, 0.717) is 18.7 Å². The predicted molar refractivity (Wildman–Crippen MR) is 78.7 cm³/mol. The minimum atomic E-state index is -0.974. The van der Waals surface area contributed by atoms with Gasteiger partial charge in [-0.15, -0.1) is 11.3 Å². The van der Waals surface area contributed by atoms with Crippen molar-refractivity contribution >= 4 is 17.0 Å². The minimum absolute atomic E-state index is 0.0933. The van der Waals surface area contributed by atoms with E-state index in [-0.39, 0.29) is 5.69 Å². The van der Waals surface area contributed by atoms with Crippen LogP contribution >= 0.6 is 11.3 Å². The molecule has 0 aliphatic rings. The van der Waals surface area contributed by atoms with Crippen molar-refractivity contribution in [3.63, 3.8) is 0 Å². The maximum atomic E-state index is 10.9. The topological polar surface area (TPSA) is 75.4 Å². The van der Waals surface area contributed by atoms with Gasteiger partial charge < -0.3 is 10.4 Å². The summed E-state index contributed by atoms with van der Waals surface area (Å²) < 4.78 is 0. The number of aliphatic hydroxyl groups is 1. The van der Waals surface area contributed by atoms with Crippen molar-refractivity contribution in [3.05, 3.63) is 62.3 Å². The highest BCUT2D eigenvalue weighted by molar-refractivity contribution is 7.10. The monoisotopic (exact) mass is 292 g/mol. The molecule has 1 unspecified atom stereocenters. The van der Waals surface area contributed by atoms with Gasteiger partial charge in [0.2, 0.25) is 0 Å². The van der Waals surface area contributed by atoms with Crippen molar-refractivity contribution in [3.8, 4) is 0 Å². The van der Waals surface area contributed by atoms with Crippen LogP contribution in [0.3, 0.4) is 0 Å². The number of hydrogen-bond donors (Lipinski definition) is 2. The Balaban J connectivity index is 1.98. The van der Waals surface area contributed by atoms with Gasteiger partial charge in [-0.3, -0.25) is 10.1 Å². The molecule has 2 rings (SSSR count). The summed E-state index contributed by atoms with van der Waals surface area (Å²) >= 11 is 1.49. The van der Waals surface area contributed by atoms with Crippen LogP contribution in [0, 0.1) is 10.1 Å². The molecule has 0 radical (unpaired) electrons.